The first-order valence-corrected chi connectivity index (χ1v) is 9.69. The fourth-order valence-corrected chi connectivity index (χ4v) is 3.44. The molecule has 1 aromatic carbocycles. The highest BCUT2D eigenvalue weighted by Gasteiger charge is 2.28. The minimum Gasteiger partial charge on any atom is -0.339 e. The highest BCUT2D eigenvalue weighted by molar-refractivity contribution is 7.84. The maximum absolute atomic E-state index is 12.7. The summed E-state index contributed by atoms with van der Waals surface area (Å²) < 4.78 is 16.6. The zero-order valence-corrected chi connectivity index (χ0v) is 14.7. The van der Waals surface area contributed by atoms with Crippen LogP contribution < -0.4 is 0 Å². The smallest absolute Gasteiger partial charge is 0.253 e. The number of likely N-dealkylation sites (tertiary alicyclic amines) is 1. The third-order valence-electron chi connectivity index (χ3n) is 4.29. The van der Waals surface area contributed by atoms with E-state index in [0.29, 0.717) is 30.2 Å². The van der Waals surface area contributed by atoms with E-state index >= 15 is 0 Å². The summed E-state index contributed by atoms with van der Waals surface area (Å²) in [7, 11) is -1.04. The second kappa shape index (κ2) is 7.25. The van der Waals surface area contributed by atoms with Crippen molar-refractivity contribution in [2.45, 2.75) is 37.0 Å². The van der Waals surface area contributed by atoms with Crippen LogP contribution in [0.5, 0.6) is 0 Å². The van der Waals surface area contributed by atoms with Crippen LogP contribution >= 0.6 is 0 Å². The fourth-order valence-electron chi connectivity index (χ4n) is 2.92. The molecule has 24 heavy (non-hydrogen) atoms. The first-order valence-electron chi connectivity index (χ1n) is 8.13. The van der Waals surface area contributed by atoms with Crippen LogP contribution in [0.15, 0.2) is 33.7 Å². The minimum absolute atomic E-state index is 0.00709. The number of hydrogen-bond acceptors (Lipinski definition) is 5. The Bertz CT molecular complexity index is 742. The van der Waals surface area contributed by atoms with Crippen LogP contribution in [0.3, 0.4) is 0 Å². The number of aromatic nitrogens is 2. The van der Waals surface area contributed by atoms with E-state index in [1.807, 2.05) is 11.8 Å². The summed E-state index contributed by atoms with van der Waals surface area (Å²) in [4.78, 5) is 19.7. The van der Waals surface area contributed by atoms with Gasteiger partial charge in [-0.25, -0.2) is 0 Å². The molecule has 0 spiro atoms. The number of piperidine rings is 1. The van der Waals surface area contributed by atoms with Crippen LogP contribution in [-0.4, -0.2) is 44.5 Å². The Labute approximate surface area is 143 Å². The van der Waals surface area contributed by atoms with Crippen LogP contribution in [0.25, 0.3) is 0 Å². The Morgan fingerprint density at radius 2 is 2.12 bits per heavy atom. The van der Waals surface area contributed by atoms with Gasteiger partial charge in [0, 0.05) is 52.9 Å². The number of amides is 1. The number of aryl methyl sites for hydroxylation is 1. The average molecular weight is 347 g/mol. The Morgan fingerprint density at radius 1 is 1.38 bits per heavy atom. The fraction of sp³-hybridized carbons (Fsp3) is 0.471. The van der Waals surface area contributed by atoms with E-state index in [1.54, 1.807) is 30.5 Å². The predicted octanol–water partition coefficient (Wildman–Crippen LogP) is 2.39. The van der Waals surface area contributed by atoms with Crippen molar-refractivity contribution in [2.24, 2.45) is 0 Å². The van der Waals surface area contributed by atoms with Gasteiger partial charge in [-0.1, -0.05) is 12.1 Å². The van der Waals surface area contributed by atoms with Gasteiger partial charge in [-0.2, -0.15) is 4.98 Å². The van der Waals surface area contributed by atoms with Crippen LogP contribution in [0.1, 0.15) is 47.8 Å². The molecule has 2 aromatic rings. The van der Waals surface area contributed by atoms with Gasteiger partial charge in [-0.3, -0.25) is 9.00 Å². The summed E-state index contributed by atoms with van der Waals surface area (Å²) in [5.74, 6) is 1.44. The molecule has 0 unspecified atom stereocenters. The molecule has 1 saturated heterocycles. The van der Waals surface area contributed by atoms with Crippen molar-refractivity contribution in [1.82, 2.24) is 15.0 Å². The van der Waals surface area contributed by atoms with Crippen molar-refractivity contribution in [3.63, 3.8) is 0 Å². The predicted molar refractivity (Wildman–Crippen MR) is 90.3 cm³/mol. The van der Waals surface area contributed by atoms with Crippen molar-refractivity contribution in [3.8, 4) is 0 Å². The van der Waals surface area contributed by atoms with E-state index in [4.69, 9.17) is 4.52 Å². The van der Waals surface area contributed by atoms with Crippen molar-refractivity contribution >= 4 is 16.7 Å². The van der Waals surface area contributed by atoms with Gasteiger partial charge in [-0.15, -0.1) is 0 Å². The summed E-state index contributed by atoms with van der Waals surface area (Å²) >= 11 is 0. The molecule has 1 aliphatic heterocycles. The molecule has 0 aliphatic carbocycles. The second-order valence-corrected chi connectivity index (χ2v) is 7.35. The lowest BCUT2D eigenvalue weighted by molar-refractivity contribution is 0.0703. The number of benzene rings is 1. The number of carbonyl (C=O) groups is 1. The van der Waals surface area contributed by atoms with Crippen molar-refractivity contribution in [1.29, 1.82) is 0 Å². The Hall–Kier alpha value is -2.02. The van der Waals surface area contributed by atoms with Crippen LogP contribution in [0.4, 0.5) is 0 Å². The summed E-state index contributed by atoms with van der Waals surface area (Å²) in [5.41, 5.74) is 0.618. The first kappa shape index (κ1) is 16.8. The van der Waals surface area contributed by atoms with Crippen LogP contribution in [-0.2, 0) is 17.2 Å². The Morgan fingerprint density at radius 3 is 2.75 bits per heavy atom. The third kappa shape index (κ3) is 3.56. The number of rotatable bonds is 4. The number of nitrogens with zero attached hydrogens (tertiary/aromatic N) is 3. The molecule has 0 bridgehead atoms. The average Bonchev–Trinajstić information content (AvgIpc) is 3.10. The molecule has 128 valence electrons. The van der Waals surface area contributed by atoms with Gasteiger partial charge < -0.3 is 9.42 Å². The summed E-state index contributed by atoms with van der Waals surface area (Å²) in [5, 5.41) is 4.05. The molecular formula is C17H21N3O3S. The SMILES string of the molecule is CCc1nc([C@H]2CCCN(C(=O)c3ccc([S@@](C)=O)cc3)C2)no1. The standard InChI is InChI=1S/C17H21N3O3S/c1-3-15-18-16(19-23-15)13-5-4-10-20(11-13)17(21)12-6-8-14(9-7-12)24(2)22/h6-9,13H,3-5,10-11H2,1-2H3/t13-,24+/m0/s1. The molecule has 3 rings (SSSR count). The summed E-state index contributed by atoms with van der Waals surface area (Å²) in [6.45, 7) is 3.30. The van der Waals surface area contributed by atoms with E-state index in [0.717, 1.165) is 24.3 Å². The monoisotopic (exact) mass is 347 g/mol. The lowest BCUT2D eigenvalue weighted by atomic mass is 9.96. The molecule has 0 saturated carbocycles. The molecule has 0 radical (unpaired) electrons. The molecule has 1 aromatic heterocycles. The molecule has 7 heteroatoms. The molecular weight excluding hydrogens is 326 g/mol. The van der Waals surface area contributed by atoms with E-state index < -0.39 is 10.8 Å². The van der Waals surface area contributed by atoms with Crippen molar-refractivity contribution in [3.05, 3.63) is 41.5 Å². The summed E-state index contributed by atoms with van der Waals surface area (Å²) in [6.07, 6.45) is 4.22. The zero-order chi connectivity index (χ0) is 17.1. The quantitative estimate of drug-likeness (QED) is 0.849. The van der Waals surface area contributed by atoms with Gasteiger partial charge in [-0.05, 0) is 37.1 Å². The van der Waals surface area contributed by atoms with E-state index in [2.05, 4.69) is 10.1 Å². The largest absolute Gasteiger partial charge is 0.339 e. The van der Waals surface area contributed by atoms with E-state index in [-0.39, 0.29) is 11.8 Å². The molecule has 2 heterocycles. The minimum atomic E-state index is -1.04. The van der Waals surface area contributed by atoms with Crippen molar-refractivity contribution < 1.29 is 13.5 Å². The number of hydrogen-bond donors (Lipinski definition) is 0. The summed E-state index contributed by atoms with van der Waals surface area (Å²) in [6, 6.07) is 6.98. The lowest BCUT2D eigenvalue weighted by Crippen LogP contribution is -2.39. The van der Waals surface area contributed by atoms with E-state index in [9.17, 15) is 9.00 Å². The second-order valence-electron chi connectivity index (χ2n) is 5.97. The molecule has 1 amide bonds. The molecule has 6 nitrogen and oxygen atoms in total. The highest BCUT2D eigenvalue weighted by atomic mass is 32.2. The maximum atomic E-state index is 12.7. The Kier molecular flexibility index (Phi) is 5.08. The lowest BCUT2D eigenvalue weighted by Gasteiger charge is -2.31. The number of carbonyl (C=O) groups excluding carboxylic acids is 1. The normalized spacial score (nSPS) is 19.2. The first-order chi connectivity index (χ1) is 11.6. The molecule has 0 N–H and O–H groups in total. The zero-order valence-electron chi connectivity index (χ0n) is 13.9. The molecule has 1 fully saturated rings. The highest BCUT2D eigenvalue weighted by Crippen LogP contribution is 2.26. The Balaban J connectivity index is 1.71. The van der Waals surface area contributed by atoms with Gasteiger partial charge in [0.2, 0.25) is 5.89 Å². The molecule has 2 atom stereocenters. The van der Waals surface area contributed by atoms with E-state index in [1.165, 1.54) is 0 Å². The van der Waals surface area contributed by atoms with Gasteiger partial charge in [0.15, 0.2) is 5.82 Å². The van der Waals surface area contributed by atoms with Gasteiger partial charge in [0.1, 0.15) is 0 Å². The third-order valence-corrected chi connectivity index (χ3v) is 5.23. The van der Waals surface area contributed by atoms with Crippen LogP contribution in [0, 0.1) is 0 Å². The van der Waals surface area contributed by atoms with Gasteiger partial charge in [0.25, 0.3) is 5.91 Å². The van der Waals surface area contributed by atoms with Crippen LogP contribution in [0.2, 0.25) is 0 Å². The van der Waals surface area contributed by atoms with Crippen molar-refractivity contribution in [2.75, 3.05) is 19.3 Å². The molecule has 1 aliphatic rings. The maximum Gasteiger partial charge on any atom is 0.253 e. The topological polar surface area (TPSA) is 76.3 Å². The van der Waals surface area contributed by atoms with Gasteiger partial charge >= 0.3 is 0 Å². The van der Waals surface area contributed by atoms with Gasteiger partial charge in [0.05, 0.1) is 0 Å².